The maximum Gasteiger partial charge on any atom is 0.0588 e. The highest BCUT2D eigenvalue weighted by Crippen LogP contribution is 2.33. The molecule has 4 unspecified atom stereocenters. The zero-order valence-corrected chi connectivity index (χ0v) is 11.2. The highest BCUT2D eigenvalue weighted by Gasteiger charge is 2.38. The summed E-state index contributed by atoms with van der Waals surface area (Å²) in [7, 11) is 0. The highest BCUT2D eigenvalue weighted by atomic mass is 16.5. The van der Waals surface area contributed by atoms with Gasteiger partial charge in [0.2, 0.25) is 0 Å². The number of hydrogen-bond acceptors (Lipinski definition) is 3. The van der Waals surface area contributed by atoms with E-state index in [0.717, 1.165) is 37.2 Å². The molecule has 2 aliphatic heterocycles. The Hall–Kier alpha value is -0.120. The second-order valence-corrected chi connectivity index (χ2v) is 6.24. The van der Waals surface area contributed by atoms with Crippen LogP contribution in [0.25, 0.3) is 0 Å². The average Bonchev–Trinajstić information content (AvgIpc) is 2.96. The van der Waals surface area contributed by atoms with Crippen LogP contribution in [0.3, 0.4) is 0 Å². The van der Waals surface area contributed by atoms with E-state index in [1.807, 2.05) is 0 Å². The lowest BCUT2D eigenvalue weighted by molar-refractivity contribution is 0.105. The van der Waals surface area contributed by atoms with Crippen molar-refractivity contribution in [2.24, 2.45) is 5.92 Å². The summed E-state index contributed by atoms with van der Waals surface area (Å²) in [5.41, 5.74) is 0. The first kappa shape index (κ1) is 11.9. The number of ether oxygens (including phenoxy) is 1. The summed E-state index contributed by atoms with van der Waals surface area (Å²) in [5.74, 6) is 0.736. The van der Waals surface area contributed by atoms with Crippen molar-refractivity contribution in [3.05, 3.63) is 0 Å². The molecule has 4 atom stereocenters. The van der Waals surface area contributed by atoms with Crippen LogP contribution < -0.4 is 5.32 Å². The van der Waals surface area contributed by atoms with Crippen LogP contribution in [-0.4, -0.2) is 48.8 Å². The van der Waals surface area contributed by atoms with E-state index in [-0.39, 0.29) is 0 Å². The molecule has 0 aromatic rings. The molecule has 1 saturated carbocycles. The quantitative estimate of drug-likeness (QED) is 0.805. The van der Waals surface area contributed by atoms with Gasteiger partial charge in [0.25, 0.3) is 0 Å². The van der Waals surface area contributed by atoms with Crippen molar-refractivity contribution in [1.82, 2.24) is 10.2 Å². The van der Waals surface area contributed by atoms with E-state index in [1.165, 1.54) is 32.2 Å². The highest BCUT2D eigenvalue weighted by molar-refractivity contribution is 4.96. The van der Waals surface area contributed by atoms with Gasteiger partial charge in [0.05, 0.1) is 6.10 Å². The minimum Gasteiger partial charge on any atom is -0.378 e. The smallest absolute Gasteiger partial charge is 0.0588 e. The van der Waals surface area contributed by atoms with Gasteiger partial charge in [0, 0.05) is 37.8 Å². The number of likely N-dealkylation sites (tertiary alicyclic amines) is 1. The van der Waals surface area contributed by atoms with E-state index >= 15 is 0 Å². The van der Waals surface area contributed by atoms with E-state index in [4.69, 9.17) is 4.74 Å². The van der Waals surface area contributed by atoms with E-state index in [2.05, 4.69) is 24.1 Å². The lowest BCUT2D eigenvalue weighted by atomic mass is 10.0. The first-order valence-corrected chi connectivity index (χ1v) is 7.35. The second kappa shape index (κ2) is 4.87. The molecule has 0 radical (unpaired) electrons. The average molecular weight is 238 g/mol. The van der Waals surface area contributed by atoms with Crippen molar-refractivity contribution in [1.29, 1.82) is 0 Å². The summed E-state index contributed by atoms with van der Waals surface area (Å²) in [5, 5.41) is 3.78. The van der Waals surface area contributed by atoms with Crippen LogP contribution in [0.5, 0.6) is 0 Å². The Morgan fingerprint density at radius 2 is 2.06 bits per heavy atom. The Balaban J connectivity index is 1.43. The number of nitrogens with zero attached hydrogens (tertiary/aromatic N) is 1. The maximum absolute atomic E-state index is 5.62. The van der Waals surface area contributed by atoms with E-state index < -0.39 is 0 Å². The van der Waals surface area contributed by atoms with E-state index in [9.17, 15) is 0 Å². The molecule has 0 aromatic heterocycles. The molecule has 3 fully saturated rings. The van der Waals surface area contributed by atoms with Crippen LogP contribution >= 0.6 is 0 Å². The zero-order valence-electron chi connectivity index (χ0n) is 11.2. The molecule has 2 saturated heterocycles. The number of rotatable bonds is 4. The van der Waals surface area contributed by atoms with Gasteiger partial charge in [-0.15, -0.1) is 0 Å². The van der Waals surface area contributed by atoms with Crippen LogP contribution in [-0.2, 0) is 4.74 Å². The van der Waals surface area contributed by atoms with Gasteiger partial charge in [-0.05, 0) is 45.4 Å². The number of hydrogen-bond donors (Lipinski definition) is 1. The molecule has 0 bridgehead atoms. The normalized spacial score (nSPS) is 43.4. The van der Waals surface area contributed by atoms with Crippen LogP contribution in [0.4, 0.5) is 0 Å². The van der Waals surface area contributed by atoms with Gasteiger partial charge in [0.1, 0.15) is 0 Å². The molecule has 3 rings (SSSR count). The molecule has 3 aliphatic rings. The Kier molecular flexibility index (Phi) is 3.42. The van der Waals surface area contributed by atoms with Gasteiger partial charge >= 0.3 is 0 Å². The molecule has 0 spiro atoms. The van der Waals surface area contributed by atoms with Crippen molar-refractivity contribution in [2.45, 2.75) is 63.8 Å². The molecule has 98 valence electrons. The number of nitrogens with one attached hydrogen (secondary N) is 1. The van der Waals surface area contributed by atoms with Crippen molar-refractivity contribution < 1.29 is 4.74 Å². The third kappa shape index (κ3) is 2.67. The van der Waals surface area contributed by atoms with E-state index in [0.29, 0.717) is 6.10 Å². The molecule has 0 amide bonds. The standard InChI is InChI=1S/C14H26N2O/c1-10-7-13(9-16(10)14-3-4-14)15-8-12-5-6-17-11(12)2/h10-15H,3-9H2,1-2H3. The minimum absolute atomic E-state index is 0.459. The predicted molar refractivity (Wildman–Crippen MR) is 69.1 cm³/mol. The molecule has 3 nitrogen and oxygen atoms in total. The third-order valence-corrected chi connectivity index (χ3v) is 4.84. The van der Waals surface area contributed by atoms with Crippen molar-refractivity contribution in [3.63, 3.8) is 0 Å². The summed E-state index contributed by atoms with van der Waals surface area (Å²) in [4.78, 5) is 2.71. The fourth-order valence-corrected chi connectivity index (χ4v) is 3.48. The summed E-state index contributed by atoms with van der Waals surface area (Å²) >= 11 is 0. The van der Waals surface area contributed by atoms with Crippen LogP contribution in [0.2, 0.25) is 0 Å². The van der Waals surface area contributed by atoms with Crippen LogP contribution in [0, 0.1) is 5.92 Å². The molecular weight excluding hydrogens is 212 g/mol. The third-order valence-electron chi connectivity index (χ3n) is 4.84. The Labute approximate surface area is 105 Å². The molecule has 1 aliphatic carbocycles. The topological polar surface area (TPSA) is 24.5 Å². The lowest BCUT2D eigenvalue weighted by Crippen LogP contribution is -2.37. The molecular formula is C14H26N2O. The molecule has 1 N–H and O–H groups in total. The molecule has 3 heteroatoms. The van der Waals surface area contributed by atoms with Crippen molar-refractivity contribution >= 4 is 0 Å². The van der Waals surface area contributed by atoms with Gasteiger partial charge in [0.15, 0.2) is 0 Å². The summed E-state index contributed by atoms with van der Waals surface area (Å²) in [6.45, 7) is 7.99. The van der Waals surface area contributed by atoms with Crippen LogP contribution in [0.15, 0.2) is 0 Å². The van der Waals surface area contributed by atoms with Gasteiger partial charge in [-0.1, -0.05) is 0 Å². The molecule has 0 aromatic carbocycles. The lowest BCUT2D eigenvalue weighted by Gasteiger charge is -2.20. The fraction of sp³-hybridized carbons (Fsp3) is 1.00. The summed E-state index contributed by atoms with van der Waals surface area (Å²) in [6, 6.07) is 2.43. The van der Waals surface area contributed by atoms with Gasteiger partial charge in [-0.25, -0.2) is 0 Å². The van der Waals surface area contributed by atoms with Gasteiger partial charge < -0.3 is 10.1 Å². The molecule has 2 heterocycles. The summed E-state index contributed by atoms with van der Waals surface area (Å²) in [6.07, 6.45) is 5.90. The Bertz CT molecular complexity index is 267. The second-order valence-electron chi connectivity index (χ2n) is 6.24. The monoisotopic (exact) mass is 238 g/mol. The Morgan fingerprint density at radius 3 is 2.71 bits per heavy atom. The fourth-order valence-electron chi connectivity index (χ4n) is 3.48. The Morgan fingerprint density at radius 1 is 1.24 bits per heavy atom. The maximum atomic E-state index is 5.62. The first-order chi connectivity index (χ1) is 8.24. The zero-order chi connectivity index (χ0) is 11.8. The minimum atomic E-state index is 0.459. The van der Waals surface area contributed by atoms with E-state index in [1.54, 1.807) is 0 Å². The van der Waals surface area contributed by atoms with Crippen LogP contribution in [0.1, 0.15) is 39.5 Å². The van der Waals surface area contributed by atoms with Gasteiger partial charge in [-0.3, -0.25) is 4.90 Å². The van der Waals surface area contributed by atoms with Crippen molar-refractivity contribution in [2.75, 3.05) is 19.7 Å². The molecule has 17 heavy (non-hydrogen) atoms. The SMILES string of the molecule is CC1OCCC1CNC1CC(C)N(C2CC2)C1. The van der Waals surface area contributed by atoms with Gasteiger partial charge in [-0.2, -0.15) is 0 Å². The predicted octanol–water partition coefficient (Wildman–Crippen LogP) is 1.63. The summed E-state index contributed by atoms with van der Waals surface area (Å²) < 4.78 is 5.62. The largest absolute Gasteiger partial charge is 0.378 e. The first-order valence-electron chi connectivity index (χ1n) is 7.35. The van der Waals surface area contributed by atoms with Crippen molar-refractivity contribution in [3.8, 4) is 0 Å².